The van der Waals surface area contributed by atoms with Crippen molar-refractivity contribution in [3.8, 4) is 11.5 Å². The highest BCUT2D eigenvalue weighted by atomic mass is 79.9. The van der Waals surface area contributed by atoms with Crippen molar-refractivity contribution in [1.82, 2.24) is 0 Å². The molecule has 2 aromatic carbocycles. The third-order valence-corrected chi connectivity index (χ3v) is 3.68. The number of benzene rings is 2. The molecule has 0 fully saturated rings. The van der Waals surface area contributed by atoms with E-state index in [1.807, 2.05) is 19.9 Å². The molecule has 0 radical (unpaired) electrons. The molecule has 25 heavy (non-hydrogen) atoms. The molecule has 1 N–H and O–H groups in total. The smallest absolute Gasteiger partial charge is 0.248 e. The summed E-state index contributed by atoms with van der Waals surface area (Å²) >= 11 is 3.17. The second kappa shape index (κ2) is 9.22. The zero-order valence-electron chi connectivity index (χ0n) is 14.0. The molecule has 0 spiro atoms. The summed E-state index contributed by atoms with van der Waals surface area (Å²) in [5.41, 5.74) is 0.901. The van der Waals surface area contributed by atoms with E-state index in [1.54, 1.807) is 24.3 Å². The number of hydrogen-bond acceptors (Lipinski definition) is 3. The van der Waals surface area contributed by atoms with Gasteiger partial charge in [-0.15, -0.1) is 0 Å². The molecule has 2 rings (SSSR count). The van der Waals surface area contributed by atoms with Crippen LogP contribution in [-0.4, -0.2) is 19.1 Å². The molecule has 0 aliphatic rings. The largest absolute Gasteiger partial charge is 0.490 e. The third-order valence-electron chi connectivity index (χ3n) is 3.18. The fourth-order valence-corrected chi connectivity index (χ4v) is 2.44. The molecule has 2 aromatic rings. The van der Waals surface area contributed by atoms with Crippen molar-refractivity contribution in [2.45, 2.75) is 13.8 Å². The summed E-state index contributed by atoms with van der Waals surface area (Å²) in [5.74, 6) is 0.345. The van der Waals surface area contributed by atoms with Crippen molar-refractivity contribution in [1.29, 1.82) is 0 Å². The van der Waals surface area contributed by atoms with Crippen molar-refractivity contribution in [2.24, 2.45) is 0 Å². The van der Waals surface area contributed by atoms with Gasteiger partial charge in [0.15, 0.2) is 11.5 Å². The van der Waals surface area contributed by atoms with Gasteiger partial charge >= 0.3 is 0 Å². The minimum atomic E-state index is -0.504. The Morgan fingerprint density at radius 1 is 1.12 bits per heavy atom. The first kappa shape index (κ1) is 19.0. The van der Waals surface area contributed by atoms with Crippen molar-refractivity contribution in [3.63, 3.8) is 0 Å². The summed E-state index contributed by atoms with van der Waals surface area (Å²) in [6.07, 6.45) is 2.97. The van der Waals surface area contributed by atoms with Gasteiger partial charge in [0.1, 0.15) is 5.82 Å². The van der Waals surface area contributed by atoms with Gasteiger partial charge in [0.2, 0.25) is 5.91 Å². The highest BCUT2D eigenvalue weighted by Crippen LogP contribution is 2.29. The molecule has 0 heterocycles. The number of ether oxygens (including phenoxy) is 2. The van der Waals surface area contributed by atoms with Crippen LogP contribution in [0.1, 0.15) is 19.4 Å². The van der Waals surface area contributed by atoms with E-state index < -0.39 is 11.7 Å². The van der Waals surface area contributed by atoms with Crippen LogP contribution in [0.4, 0.5) is 10.1 Å². The maximum absolute atomic E-state index is 13.7. The van der Waals surface area contributed by atoms with Crippen LogP contribution in [0.3, 0.4) is 0 Å². The molecule has 0 aromatic heterocycles. The first-order valence-corrected chi connectivity index (χ1v) is 8.66. The van der Waals surface area contributed by atoms with Gasteiger partial charge in [0.25, 0.3) is 0 Å². The van der Waals surface area contributed by atoms with E-state index in [4.69, 9.17) is 9.47 Å². The van der Waals surface area contributed by atoms with Gasteiger partial charge in [0.05, 0.1) is 18.9 Å². The summed E-state index contributed by atoms with van der Waals surface area (Å²) in [6.45, 7) is 4.83. The molecular weight excluding hydrogens is 389 g/mol. The lowest BCUT2D eigenvalue weighted by Crippen LogP contribution is -2.09. The van der Waals surface area contributed by atoms with E-state index >= 15 is 0 Å². The molecular formula is C19H19BrFNO3. The Morgan fingerprint density at radius 3 is 2.52 bits per heavy atom. The number of carbonyl (C=O) groups is 1. The Labute approximate surface area is 154 Å². The lowest BCUT2D eigenvalue weighted by Gasteiger charge is -2.11. The zero-order chi connectivity index (χ0) is 18.2. The fourth-order valence-electron chi connectivity index (χ4n) is 2.11. The summed E-state index contributed by atoms with van der Waals surface area (Å²) in [6, 6.07) is 9.84. The van der Waals surface area contributed by atoms with E-state index in [2.05, 4.69) is 21.2 Å². The minimum absolute atomic E-state index is 0.125. The number of hydrogen-bond donors (Lipinski definition) is 1. The van der Waals surface area contributed by atoms with Crippen LogP contribution >= 0.6 is 15.9 Å². The van der Waals surface area contributed by atoms with Crippen molar-refractivity contribution in [3.05, 3.63) is 58.3 Å². The standard InChI is InChI=1S/C19H19BrFNO3/c1-3-24-17-9-5-13(11-18(17)25-4-2)6-10-19(23)22-16-8-7-14(20)12-15(16)21/h5-12H,3-4H2,1-2H3,(H,22,23)/b10-6+. The highest BCUT2D eigenvalue weighted by Gasteiger charge is 2.07. The number of anilines is 1. The number of amides is 1. The number of nitrogens with one attached hydrogen (secondary N) is 1. The van der Waals surface area contributed by atoms with Gasteiger partial charge in [-0.3, -0.25) is 4.79 Å². The molecule has 1 amide bonds. The zero-order valence-corrected chi connectivity index (χ0v) is 15.6. The molecule has 0 bridgehead atoms. The molecule has 0 aliphatic carbocycles. The topological polar surface area (TPSA) is 47.6 Å². The Balaban J connectivity index is 2.09. The second-order valence-electron chi connectivity index (χ2n) is 5.02. The summed E-state index contributed by atoms with van der Waals surface area (Å²) in [7, 11) is 0. The normalized spacial score (nSPS) is 10.7. The summed E-state index contributed by atoms with van der Waals surface area (Å²) < 4.78 is 25.4. The van der Waals surface area contributed by atoms with Gasteiger partial charge in [-0.25, -0.2) is 4.39 Å². The van der Waals surface area contributed by atoms with Crippen LogP contribution < -0.4 is 14.8 Å². The van der Waals surface area contributed by atoms with Crippen LogP contribution in [0.2, 0.25) is 0 Å². The predicted molar refractivity (Wildman–Crippen MR) is 101 cm³/mol. The van der Waals surface area contributed by atoms with Crippen molar-refractivity contribution < 1.29 is 18.7 Å². The third kappa shape index (κ3) is 5.60. The molecule has 0 aliphatic heterocycles. The Morgan fingerprint density at radius 2 is 1.84 bits per heavy atom. The maximum atomic E-state index is 13.7. The van der Waals surface area contributed by atoms with Gasteiger partial charge in [-0.05, 0) is 55.8 Å². The molecule has 0 atom stereocenters. The number of halogens is 2. The summed E-state index contributed by atoms with van der Waals surface area (Å²) in [5, 5.41) is 2.50. The Kier molecular flexibility index (Phi) is 7.01. The lowest BCUT2D eigenvalue weighted by molar-refractivity contribution is -0.111. The Hall–Kier alpha value is -2.34. The van der Waals surface area contributed by atoms with E-state index in [-0.39, 0.29) is 5.69 Å². The Bertz CT molecular complexity index is 777. The molecule has 0 unspecified atom stereocenters. The lowest BCUT2D eigenvalue weighted by atomic mass is 10.2. The van der Waals surface area contributed by atoms with Gasteiger partial charge < -0.3 is 14.8 Å². The molecule has 4 nitrogen and oxygen atoms in total. The van der Waals surface area contributed by atoms with Crippen molar-refractivity contribution in [2.75, 3.05) is 18.5 Å². The molecule has 132 valence electrons. The monoisotopic (exact) mass is 407 g/mol. The van der Waals surface area contributed by atoms with Crippen molar-refractivity contribution >= 4 is 33.6 Å². The fraction of sp³-hybridized carbons (Fsp3) is 0.211. The molecule has 0 saturated heterocycles. The van der Waals surface area contributed by atoms with E-state index in [1.165, 1.54) is 18.2 Å². The SMILES string of the molecule is CCOc1ccc(/C=C/C(=O)Nc2ccc(Br)cc2F)cc1OCC. The minimum Gasteiger partial charge on any atom is -0.490 e. The first-order valence-electron chi connectivity index (χ1n) is 7.87. The predicted octanol–water partition coefficient (Wildman–Crippen LogP) is 5.04. The van der Waals surface area contributed by atoms with E-state index in [0.29, 0.717) is 29.2 Å². The van der Waals surface area contributed by atoms with E-state index in [0.717, 1.165) is 5.56 Å². The first-order chi connectivity index (χ1) is 12.0. The maximum Gasteiger partial charge on any atom is 0.248 e. The van der Waals surface area contributed by atoms with Crippen LogP contribution in [0, 0.1) is 5.82 Å². The van der Waals surface area contributed by atoms with E-state index in [9.17, 15) is 9.18 Å². The number of carbonyl (C=O) groups excluding carboxylic acids is 1. The molecule has 0 saturated carbocycles. The van der Waals surface area contributed by atoms with Gasteiger partial charge in [-0.1, -0.05) is 22.0 Å². The van der Waals surface area contributed by atoms with Crippen LogP contribution in [0.5, 0.6) is 11.5 Å². The quantitative estimate of drug-likeness (QED) is 0.654. The van der Waals surface area contributed by atoms with Crippen LogP contribution in [0.25, 0.3) is 6.08 Å². The van der Waals surface area contributed by atoms with Crippen LogP contribution in [0.15, 0.2) is 46.9 Å². The van der Waals surface area contributed by atoms with Gasteiger partial charge in [0, 0.05) is 10.5 Å². The second-order valence-corrected chi connectivity index (χ2v) is 5.93. The average Bonchev–Trinajstić information content (AvgIpc) is 2.58. The van der Waals surface area contributed by atoms with Crippen LogP contribution in [-0.2, 0) is 4.79 Å². The molecule has 6 heteroatoms. The number of rotatable bonds is 7. The highest BCUT2D eigenvalue weighted by molar-refractivity contribution is 9.10. The van der Waals surface area contributed by atoms with Gasteiger partial charge in [-0.2, -0.15) is 0 Å². The average molecular weight is 408 g/mol. The summed E-state index contributed by atoms with van der Waals surface area (Å²) in [4.78, 5) is 12.0.